The summed E-state index contributed by atoms with van der Waals surface area (Å²) in [5.41, 5.74) is -0.245. The third kappa shape index (κ3) is 3.48. The first-order valence-corrected chi connectivity index (χ1v) is 7.65. The molecule has 0 radical (unpaired) electrons. The van der Waals surface area contributed by atoms with Gasteiger partial charge < -0.3 is 14.8 Å². The van der Waals surface area contributed by atoms with E-state index in [0.717, 1.165) is 58.0 Å². The Morgan fingerprint density at radius 3 is 2.58 bits per heavy atom. The van der Waals surface area contributed by atoms with Crippen LogP contribution < -0.4 is 5.32 Å². The quantitative estimate of drug-likeness (QED) is 0.795. The van der Waals surface area contributed by atoms with Gasteiger partial charge in [-0.05, 0) is 51.6 Å². The average molecular weight is 269 g/mol. The monoisotopic (exact) mass is 269 g/mol. The average Bonchev–Trinajstić information content (AvgIpc) is 2.48. The summed E-state index contributed by atoms with van der Waals surface area (Å²) < 4.78 is 11.2. The SMILES string of the molecule is CCC1(C(=O)OC2CCCC(OC)C2)CCNCC1. The van der Waals surface area contributed by atoms with Gasteiger partial charge in [-0.2, -0.15) is 0 Å². The molecule has 4 nitrogen and oxygen atoms in total. The molecule has 0 aromatic carbocycles. The molecule has 1 aliphatic carbocycles. The van der Waals surface area contributed by atoms with Crippen molar-refractivity contribution in [2.45, 2.75) is 64.1 Å². The molecule has 110 valence electrons. The van der Waals surface area contributed by atoms with Gasteiger partial charge in [0.2, 0.25) is 0 Å². The standard InChI is InChI=1S/C15H27NO3/c1-3-15(7-9-16-10-8-15)14(17)19-13-6-4-5-12(11-13)18-2/h12-13,16H,3-11H2,1-2H3. The van der Waals surface area contributed by atoms with Crippen molar-refractivity contribution in [3.8, 4) is 0 Å². The highest BCUT2D eigenvalue weighted by Gasteiger charge is 2.40. The van der Waals surface area contributed by atoms with Gasteiger partial charge in [0, 0.05) is 13.5 Å². The Morgan fingerprint density at radius 2 is 1.95 bits per heavy atom. The molecule has 1 N–H and O–H groups in total. The van der Waals surface area contributed by atoms with Crippen LogP contribution in [-0.2, 0) is 14.3 Å². The van der Waals surface area contributed by atoms with Crippen LogP contribution >= 0.6 is 0 Å². The number of carbonyl (C=O) groups excluding carboxylic acids is 1. The van der Waals surface area contributed by atoms with Gasteiger partial charge in [0.05, 0.1) is 11.5 Å². The highest BCUT2D eigenvalue weighted by Crippen LogP contribution is 2.35. The predicted molar refractivity (Wildman–Crippen MR) is 74.0 cm³/mol. The lowest BCUT2D eigenvalue weighted by molar-refractivity contribution is -0.167. The van der Waals surface area contributed by atoms with Gasteiger partial charge in [-0.15, -0.1) is 0 Å². The summed E-state index contributed by atoms with van der Waals surface area (Å²) >= 11 is 0. The highest BCUT2D eigenvalue weighted by atomic mass is 16.5. The molecule has 1 saturated carbocycles. The lowest BCUT2D eigenvalue weighted by atomic mass is 9.76. The largest absolute Gasteiger partial charge is 0.462 e. The van der Waals surface area contributed by atoms with Crippen molar-refractivity contribution in [1.82, 2.24) is 5.32 Å². The molecule has 1 aliphatic heterocycles. The summed E-state index contributed by atoms with van der Waals surface area (Å²) in [5, 5.41) is 3.32. The second-order valence-electron chi connectivity index (χ2n) is 5.94. The smallest absolute Gasteiger partial charge is 0.312 e. The zero-order valence-corrected chi connectivity index (χ0v) is 12.2. The Hall–Kier alpha value is -0.610. The van der Waals surface area contributed by atoms with Crippen molar-refractivity contribution in [2.75, 3.05) is 20.2 Å². The van der Waals surface area contributed by atoms with Crippen LogP contribution in [0.15, 0.2) is 0 Å². The summed E-state index contributed by atoms with van der Waals surface area (Å²) in [5.74, 6) is 0.0262. The molecule has 0 bridgehead atoms. The molecular formula is C15H27NO3. The number of carbonyl (C=O) groups is 1. The van der Waals surface area contributed by atoms with Crippen LogP contribution in [0.25, 0.3) is 0 Å². The zero-order valence-electron chi connectivity index (χ0n) is 12.2. The molecule has 0 aromatic heterocycles. The molecule has 19 heavy (non-hydrogen) atoms. The van der Waals surface area contributed by atoms with Crippen LogP contribution in [0.4, 0.5) is 0 Å². The van der Waals surface area contributed by atoms with Gasteiger partial charge in [-0.25, -0.2) is 0 Å². The van der Waals surface area contributed by atoms with Crippen LogP contribution in [0, 0.1) is 5.41 Å². The molecule has 1 heterocycles. The van der Waals surface area contributed by atoms with Crippen LogP contribution in [0.2, 0.25) is 0 Å². The molecule has 0 spiro atoms. The van der Waals surface area contributed by atoms with Crippen molar-refractivity contribution in [1.29, 1.82) is 0 Å². The van der Waals surface area contributed by atoms with E-state index in [4.69, 9.17) is 9.47 Å². The molecule has 2 unspecified atom stereocenters. The maximum absolute atomic E-state index is 12.5. The van der Waals surface area contributed by atoms with Crippen LogP contribution in [0.5, 0.6) is 0 Å². The second kappa shape index (κ2) is 6.71. The van der Waals surface area contributed by atoms with E-state index in [9.17, 15) is 4.79 Å². The minimum atomic E-state index is -0.245. The van der Waals surface area contributed by atoms with Gasteiger partial charge in [0.25, 0.3) is 0 Å². The minimum absolute atomic E-state index is 0.0262. The molecule has 0 aromatic rings. The van der Waals surface area contributed by atoms with E-state index < -0.39 is 0 Å². The topological polar surface area (TPSA) is 47.6 Å². The van der Waals surface area contributed by atoms with E-state index in [0.29, 0.717) is 0 Å². The summed E-state index contributed by atoms with van der Waals surface area (Å²) in [7, 11) is 1.75. The Bertz CT molecular complexity index is 300. The van der Waals surface area contributed by atoms with Gasteiger partial charge in [0.15, 0.2) is 0 Å². The number of esters is 1. The summed E-state index contributed by atoms with van der Waals surface area (Å²) in [6.07, 6.45) is 7.05. The first-order chi connectivity index (χ1) is 9.20. The highest BCUT2D eigenvalue weighted by molar-refractivity contribution is 5.77. The van der Waals surface area contributed by atoms with E-state index in [1.165, 1.54) is 0 Å². The molecule has 0 amide bonds. The first kappa shape index (κ1) is 14.8. The minimum Gasteiger partial charge on any atom is -0.462 e. The summed E-state index contributed by atoms with van der Waals surface area (Å²) in [6, 6.07) is 0. The van der Waals surface area contributed by atoms with Crippen LogP contribution in [0.1, 0.15) is 51.9 Å². The number of hydrogen-bond donors (Lipinski definition) is 1. The molecule has 2 aliphatic rings. The number of nitrogens with one attached hydrogen (secondary N) is 1. The van der Waals surface area contributed by atoms with Gasteiger partial charge >= 0.3 is 5.97 Å². The number of rotatable bonds is 4. The predicted octanol–water partition coefficient (Wildman–Crippen LogP) is 2.27. The number of methoxy groups -OCH3 is 1. The number of piperidine rings is 1. The molecule has 2 atom stereocenters. The molecule has 1 saturated heterocycles. The third-order valence-electron chi connectivity index (χ3n) is 4.86. The van der Waals surface area contributed by atoms with Crippen molar-refractivity contribution in [3.63, 3.8) is 0 Å². The Morgan fingerprint density at radius 1 is 1.26 bits per heavy atom. The van der Waals surface area contributed by atoms with Gasteiger partial charge in [-0.3, -0.25) is 4.79 Å². The van der Waals surface area contributed by atoms with E-state index in [1.807, 2.05) is 0 Å². The third-order valence-corrected chi connectivity index (χ3v) is 4.86. The summed E-state index contributed by atoms with van der Waals surface area (Å²) in [6.45, 7) is 3.95. The Kier molecular flexibility index (Phi) is 5.22. The first-order valence-electron chi connectivity index (χ1n) is 7.65. The van der Waals surface area contributed by atoms with E-state index in [2.05, 4.69) is 12.2 Å². The molecular weight excluding hydrogens is 242 g/mol. The van der Waals surface area contributed by atoms with Gasteiger partial charge in [-0.1, -0.05) is 6.92 Å². The maximum Gasteiger partial charge on any atom is 0.312 e. The fourth-order valence-corrected chi connectivity index (χ4v) is 3.31. The Balaban J connectivity index is 1.91. The lowest BCUT2D eigenvalue weighted by Crippen LogP contribution is -2.44. The van der Waals surface area contributed by atoms with Crippen LogP contribution in [0.3, 0.4) is 0 Å². The Labute approximate surface area is 116 Å². The molecule has 2 rings (SSSR count). The van der Waals surface area contributed by atoms with Crippen molar-refractivity contribution in [3.05, 3.63) is 0 Å². The fraction of sp³-hybridized carbons (Fsp3) is 0.933. The van der Waals surface area contributed by atoms with Crippen molar-refractivity contribution in [2.24, 2.45) is 5.41 Å². The fourth-order valence-electron chi connectivity index (χ4n) is 3.31. The van der Waals surface area contributed by atoms with E-state index >= 15 is 0 Å². The van der Waals surface area contributed by atoms with Crippen LogP contribution in [-0.4, -0.2) is 38.4 Å². The maximum atomic E-state index is 12.5. The van der Waals surface area contributed by atoms with E-state index in [1.54, 1.807) is 7.11 Å². The number of ether oxygens (including phenoxy) is 2. The number of hydrogen-bond acceptors (Lipinski definition) is 4. The zero-order chi connectivity index (χ0) is 13.7. The molecule has 4 heteroatoms. The van der Waals surface area contributed by atoms with E-state index in [-0.39, 0.29) is 23.6 Å². The van der Waals surface area contributed by atoms with Crippen molar-refractivity contribution >= 4 is 5.97 Å². The normalized spacial score (nSPS) is 30.8. The van der Waals surface area contributed by atoms with Gasteiger partial charge in [0.1, 0.15) is 6.10 Å². The molecule has 2 fully saturated rings. The lowest BCUT2D eigenvalue weighted by Gasteiger charge is -2.37. The second-order valence-corrected chi connectivity index (χ2v) is 5.94. The van der Waals surface area contributed by atoms with Crippen molar-refractivity contribution < 1.29 is 14.3 Å². The summed E-state index contributed by atoms with van der Waals surface area (Å²) in [4.78, 5) is 12.5.